The van der Waals surface area contributed by atoms with Crippen LogP contribution >= 0.6 is 31.0 Å². The Morgan fingerprint density at radius 3 is 2.61 bits per heavy atom. The molecule has 3 heterocycles. The number of hydrogen-bond donors (Lipinski definition) is 2. The summed E-state index contributed by atoms with van der Waals surface area (Å²) in [6.07, 6.45) is -1.07. The van der Waals surface area contributed by atoms with Gasteiger partial charge in [0.1, 0.15) is 12.3 Å². The lowest BCUT2D eigenvalue weighted by Gasteiger charge is -2.22. The van der Waals surface area contributed by atoms with Gasteiger partial charge < -0.3 is 28.9 Å². The number of benzene rings is 1. The van der Waals surface area contributed by atoms with Crippen LogP contribution in [0, 0.1) is 12.8 Å². The number of rotatable bonds is 13. The van der Waals surface area contributed by atoms with Crippen molar-refractivity contribution in [3.63, 3.8) is 0 Å². The molecule has 1 aromatic carbocycles. The Hall–Kier alpha value is -2.95. The van der Waals surface area contributed by atoms with Gasteiger partial charge in [0.05, 0.1) is 42.7 Å². The van der Waals surface area contributed by atoms with Crippen LogP contribution in [0.4, 0.5) is 0 Å². The molecule has 2 aliphatic rings. The minimum atomic E-state index is -4.15. The molecule has 16 nitrogen and oxygen atoms in total. The number of halogens is 2. The number of phenolic OH excluding ortho intramolecular Hbond substituents is 1. The van der Waals surface area contributed by atoms with Gasteiger partial charge in [-0.3, -0.25) is 32.7 Å². The van der Waals surface area contributed by atoms with Crippen molar-refractivity contribution in [1.29, 1.82) is 0 Å². The third-order valence-electron chi connectivity index (χ3n) is 7.32. The summed E-state index contributed by atoms with van der Waals surface area (Å²) in [6.45, 7) is 4.07. The number of carbonyl (C=O) groups excluding carboxylic acids is 1. The molecule has 254 valence electrons. The molecule has 2 aromatic rings. The molecule has 0 aliphatic carbocycles. The van der Waals surface area contributed by atoms with Crippen molar-refractivity contribution in [2.75, 3.05) is 27.4 Å². The molecule has 0 spiro atoms. The van der Waals surface area contributed by atoms with Crippen molar-refractivity contribution in [3.8, 4) is 11.5 Å². The summed E-state index contributed by atoms with van der Waals surface area (Å²) in [4.78, 5) is 43.7. The van der Waals surface area contributed by atoms with Crippen LogP contribution in [-0.2, 0) is 42.0 Å². The predicted molar refractivity (Wildman–Crippen MR) is 162 cm³/mol. The molecule has 0 saturated carbocycles. The second-order valence-electron chi connectivity index (χ2n) is 10.5. The summed E-state index contributed by atoms with van der Waals surface area (Å²) >= 11 is 12.5. The zero-order valence-corrected chi connectivity index (χ0v) is 27.9. The van der Waals surface area contributed by atoms with E-state index < -0.39 is 56.4 Å². The number of aromatic nitrogens is 2. The van der Waals surface area contributed by atoms with E-state index in [1.807, 2.05) is 0 Å². The predicted octanol–water partition coefficient (Wildman–Crippen LogP) is 3.67. The third kappa shape index (κ3) is 8.49. The van der Waals surface area contributed by atoms with E-state index in [-0.39, 0.29) is 57.7 Å². The van der Waals surface area contributed by atoms with E-state index in [1.165, 1.54) is 44.0 Å². The lowest BCUT2D eigenvalue weighted by Crippen LogP contribution is -2.33. The van der Waals surface area contributed by atoms with E-state index in [1.54, 1.807) is 6.92 Å². The van der Waals surface area contributed by atoms with E-state index in [4.69, 9.17) is 60.6 Å². The number of H-pyrrole nitrogens is 1. The second-order valence-corrected chi connectivity index (χ2v) is 13.0. The number of carbonyl (C=O) groups is 1. The first-order chi connectivity index (χ1) is 21.7. The Morgan fingerprint density at radius 2 is 1.93 bits per heavy atom. The molecule has 19 heteroatoms. The monoisotopic (exact) mass is 709 g/mol. The first kappa shape index (κ1) is 35.9. The van der Waals surface area contributed by atoms with Crippen LogP contribution in [0.25, 0.3) is 0 Å². The molecule has 3 unspecified atom stereocenters. The summed E-state index contributed by atoms with van der Waals surface area (Å²) < 4.78 is 52.4. The number of phosphoric ester groups is 1. The zero-order valence-electron chi connectivity index (χ0n) is 25.5. The molecule has 0 bridgehead atoms. The number of esters is 1. The fourth-order valence-electron chi connectivity index (χ4n) is 4.77. The number of aromatic amines is 1. The number of aromatic hydroxyl groups is 1. The first-order valence-electron chi connectivity index (χ1n) is 13.9. The van der Waals surface area contributed by atoms with Gasteiger partial charge in [-0.25, -0.2) is 9.36 Å². The number of nitrogens with zero attached hydrogens (tertiary/aromatic N) is 2. The van der Waals surface area contributed by atoms with Crippen LogP contribution in [0.1, 0.15) is 44.0 Å². The number of hydrogen-bond acceptors (Lipinski definition) is 14. The summed E-state index contributed by atoms with van der Waals surface area (Å²) in [5.41, 5.74) is -0.869. The Kier molecular flexibility index (Phi) is 11.9. The molecule has 2 N–H and O–H groups in total. The van der Waals surface area contributed by atoms with Gasteiger partial charge in [-0.15, -0.1) is 0 Å². The second kappa shape index (κ2) is 15.3. The number of aryl methyl sites for hydroxylation is 1. The fraction of sp³-hybridized carbons (Fsp3) is 0.556. The highest BCUT2D eigenvalue weighted by molar-refractivity contribution is 7.48. The van der Waals surface area contributed by atoms with E-state index in [0.29, 0.717) is 6.42 Å². The summed E-state index contributed by atoms with van der Waals surface area (Å²) in [7, 11) is -1.66. The molecule has 0 radical (unpaired) electrons. The van der Waals surface area contributed by atoms with Crippen LogP contribution in [0.3, 0.4) is 0 Å². The van der Waals surface area contributed by atoms with Crippen molar-refractivity contribution in [2.24, 2.45) is 11.1 Å². The lowest BCUT2D eigenvalue weighted by molar-refractivity contribution is -0.171. The van der Waals surface area contributed by atoms with Gasteiger partial charge >= 0.3 is 19.5 Å². The van der Waals surface area contributed by atoms with Crippen molar-refractivity contribution >= 4 is 43.2 Å². The molecule has 1 aromatic heterocycles. The van der Waals surface area contributed by atoms with Gasteiger partial charge in [0.15, 0.2) is 17.6 Å². The molecular weight excluding hydrogens is 676 g/mol. The molecule has 46 heavy (non-hydrogen) atoms. The van der Waals surface area contributed by atoms with Crippen molar-refractivity contribution in [1.82, 2.24) is 9.55 Å². The SMILES string of the molecule is COc1cc(Cl)c(/C=N/O[C@@H]2C[C@H](n3cc(C)c(=O)[nH]c3=O)O[C@@H]2COP(=O)(OC)OC[C@@H]2CC(OC(C)=O)OC2C)c(Cl)c1O. The molecule has 7 atom stereocenters. The molecule has 0 amide bonds. The van der Waals surface area contributed by atoms with Crippen molar-refractivity contribution in [3.05, 3.63) is 54.3 Å². The average molecular weight is 710 g/mol. The van der Waals surface area contributed by atoms with E-state index in [0.717, 1.165) is 7.11 Å². The van der Waals surface area contributed by atoms with Gasteiger partial charge in [0.25, 0.3) is 5.56 Å². The Morgan fingerprint density at radius 1 is 1.22 bits per heavy atom. The Bertz CT molecular complexity index is 1620. The van der Waals surface area contributed by atoms with E-state index in [9.17, 15) is 24.1 Å². The quantitative estimate of drug-likeness (QED) is 0.132. The van der Waals surface area contributed by atoms with Crippen LogP contribution in [0.15, 0.2) is 27.0 Å². The fourth-order valence-corrected chi connectivity index (χ4v) is 6.30. The third-order valence-corrected chi connectivity index (χ3v) is 9.39. The molecule has 2 saturated heterocycles. The maximum Gasteiger partial charge on any atom is 0.474 e. The van der Waals surface area contributed by atoms with Gasteiger partial charge in [-0.1, -0.05) is 28.4 Å². The Balaban J connectivity index is 1.49. The zero-order chi connectivity index (χ0) is 33.8. The number of methoxy groups -OCH3 is 1. The highest BCUT2D eigenvalue weighted by Gasteiger charge is 2.42. The topological polar surface area (TPSA) is 195 Å². The van der Waals surface area contributed by atoms with Gasteiger partial charge in [-0.05, 0) is 13.8 Å². The van der Waals surface area contributed by atoms with Crippen LogP contribution < -0.4 is 16.0 Å². The van der Waals surface area contributed by atoms with Gasteiger partial charge in [0, 0.05) is 56.2 Å². The summed E-state index contributed by atoms with van der Waals surface area (Å²) in [5.74, 6) is -1.06. The van der Waals surface area contributed by atoms with Crippen LogP contribution in [0.5, 0.6) is 11.5 Å². The highest BCUT2D eigenvalue weighted by atomic mass is 35.5. The largest absolute Gasteiger partial charge is 0.503 e. The summed E-state index contributed by atoms with van der Waals surface area (Å²) in [5, 5.41) is 14.2. The number of phosphoric acid groups is 1. The minimum Gasteiger partial charge on any atom is -0.503 e. The van der Waals surface area contributed by atoms with Gasteiger partial charge in [0.2, 0.25) is 6.29 Å². The molecular formula is C27H34Cl2N3O13P. The number of nitrogens with one attached hydrogen (secondary N) is 1. The molecule has 4 rings (SSSR count). The van der Waals surface area contributed by atoms with Crippen LogP contribution in [0.2, 0.25) is 10.0 Å². The number of ether oxygens (including phenoxy) is 4. The number of oxime groups is 1. The van der Waals surface area contributed by atoms with Crippen molar-refractivity contribution in [2.45, 2.75) is 64.4 Å². The van der Waals surface area contributed by atoms with E-state index in [2.05, 4.69) is 10.1 Å². The van der Waals surface area contributed by atoms with Crippen molar-refractivity contribution < 1.29 is 51.8 Å². The number of phenols is 1. The van der Waals surface area contributed by atoms with Gasteiger partial charge in [-0.2, -0.15) is 0 Å². The molecule has 2 fully saturated rings. The standard InChI is InChI=1S/C27H34Cl2N3O13P/c1-13-10-32(27(36)31-26(13)35)22-8-19(45-30-9-17-18(28)7-20(38-4)25(34)24(17)29)21(44-22)12-41-46(37,39-5)40-11-16-6-23(42-14(16)2)43-15(3)33/h7,9-10,14,16,19,21-23,34H,6,8,11-12H2,1-5H3,(H,31,35,36)/b30-9+/t14?,16-,19+,21+,22+,23?,46?/m0/s1. The average Bonchev–Trinajstić information content (AvgIpc) is 3.57. The molecule has 2 aliphatic heterocycles. The van der Waals surface area contributed by atoms with E-state index >= 15 is 0 Å². The maximum atomic E-state index is 13.3. The first-order valence-corrected chi connectivity index (χ1v) is 16.2. The smallest absolute Gasteiger partial charge is 0.474 e. The minimum absolute atomic E-state index is 0.0404. The highest BCUT2D eigenvalue weighted by Crippen LogP contribution is 2.50. The van der Waals surface area contributed by atoms with Crippen LogP contribution in [-0.4, -0.2) is 78.9 Å². The Labute approximate surface area is 273 Å². The normalized spacial score (nSPS) is 25.9. The maximum absolute atomic E-state index is 13.3. The lowest BCUT2D eigenvalue weighted by atomic mass is 10.0. The summed E-state index contributed by atoms with van der Waals surface area (Å²) in [6, 6.07) is 1.34.